The summed E-state index contributed by atoms with van der Waals surface area (Å²) in [5.41, 5.74) is 0. The van der Waals surface area contributed by atoms with Gasteiger partial charge in [0.2, 0.25) is 5.91 Å². The van der Waals surface area contributed by atoms with Gasteiger partial charge in [-0.05, 0) is 51.4 Å². The molecule has 0 aromatic rings. The molecule has 14 heteroatoms. The van der Waals surface area contributed by atoms with Gasteiger partial charge in [0, 0.05) is 6.42 Å². The monoisotopic (exact) mass is 1360 g/mol. The largest absolute Gasteiger partial charge is 0.394 e. The predicted molar refractivity (Wildman–Crippen MR) is 397 cm³/mol. The lowest BCUT2D eigenvalue weighted by Crippen LogP contribution is -2.65. The van der Waals surface area contributed by atoms with Crippen LogP contribution in [0.4, 0.5) is 0 Å². The summed E-state index contributed by atoms with van der Waals surface area (Å²) in [5.74, 6) is -0.198. The first kappa shape index (κ1) is 90.3. The van der Waals surface area contributed by atoms with E-state index in [9.17, 15) is 45.6 Å². The van der Waals surface area contributed by atoms with Crippen molar-refractivity contribution in [1.29, 1.82) is 0 Å². The van der Waals surface area contributed by atoms with Gasteiger partial charge in [0.15, 0.2) is 12.6 Å². The summed E-state index contributed by atoms with van der Waals surface area (Å²) in [6.07, 6.45) is 70.5. The van der Waals surface area contributed by atoms with Gasteiger partial charge in [0.25, 0.3) is 0 Å². The molecule has 0 saturated carbocycles. The Labute approximate surface area is 589 Å². The fourth-order valence-electron chi connectivity index (χ4n) is 13.8. The average Bonchev–Trinajstić information content (AvgIpc) is 0.806. The number of carbonyl (C=O) groups is 1. The highest BCUT2D eigenvalue weighted by Gasteiger charge is 2.51. The summed E-state index contributed by atoms with van der Waals surface area (Å²) in [6.45, 7) is 2.92. The van der Waals surface area contributed by atoms with E-state index in [1.807, 2.05) is 0 Å². The van der Waals surface area contributed by atoms with Crippen LogP contribution in [0.1, 0.15) is 386 Å². The van der Waals surface area contributed by atoms with Crippen LogP contribution in [0.15, 0.2) is 36.5 Å². The van der Waals surface area contributed by atoms with Crippen molar-refractivity contribution in [1.82, 2.24) is 5.32 Å². The zero-order valence-electron chi connectivity index (χ0n) is 62.1. The van der Waals surface area contributed by atoms with Gasteiger partial charge in [0.1, 0.15) is 48.8 Å². The van der Waals surface area contributed by atoms with E-state index < -0.39 is 86.8 Å². The molecular weight excluding hydrogens is 1210 g/mol. The molecule has 0 aromatic heterocycles. The minimum Gasteiger partial charge on any atom is -0.394 e. The van der Waals surface area contributed by atoms with Crippen LogP contribution in [0, 0.1) is 0 Å². The maximum Gasteiger partial charge on any atom is 0.220 e. The standard InChI is InChI=1S/C82H155NO13/c1-3-5-7-9-11-13-15-17-19-21-23-25-27-28-29-30-31-32-33-34-35-36-37-38-39-40-41-42-44-46-48-50-52-54-56-58-60-62-64-66-74(87)83-70(69-93-81-79(92)77(90)80(73(68-85)95-81)96-82-78(91)76(89)75(88)72(67-84)94-82)71(86)65-63-61-59-57-55-53-51-49-47-45-43-26-24-22-20-18-16-14-12-10-8-6-4-2/h15,17,21,23,27-28,70-73,75-82,84-86,88-92H,3-14,16,18-20,22,24-26,29-69H2,1-2H3,(H,83,87)/b17-15-,23-21-,28-27-. The van der Waals surface area contributed by atoms with E-state index in [0.717, 1.165) is 64.2 Å². The van der Waals surface area contributed by atoms with Gasteiger partial charge in [-0.15, -0.1) is 0 Å². The van der Waals surface area contributed by atoms with Crippen LogP contribution in [-0.2, 0) is 23.7 Å². The normalized spacial score (nSPS) is 22.4. The van der Waals surface area contributed by atoms with Crippen molar-refractivity contribution < 1.29 is 64.6 Å². The molecule has 0 bridgehead atoms. The smallest absolute Gasteiger partial charge is 0.220 e. The fourth-order valence-corrected chi connectivity index (χ4v) is 13.8. The van der Waals surface area contributed by atoms with Crippen LogP contribution in [0.2, 0.25) is 0 Å². The molecule has 2 fully saturated rings. The van der Waals surface area contributed by atoms with Crippen molar-refractivity contribution in [3.05, 3.63) is 36.5 Å². The number of allylic oxidation sites excluding steroid dienone is 6. The topological polar surface area (TPSA) is 228 Å². The summed E-state index contributed by atoms with van der Waals surface area (Å²) >= 11 is 0. The summed E-state index contributed by atoms with van der Waals surface area (Å²) in [6, 6.07) is -0.828. The molecule has 12 unspecified atom stereocenters. The van der Waals surface area contributed by atoms with E-state index in [1.54, 1.807) is 0 Å². The lowest BCUT2D eigenvalue weighted by molar-refractivity contribution is -0.359. The Morgan fingerprint density at radius 3 is 1.05 bits per heavy atom. The van der Waals surface area contributed by atoms with Crippen LogP contribution in [0.3, 0.4) is 0 Å². The first-order valence-electron chi connectivity index (χ1n) is 41.2. The van der Waals surface area contributed by atoms with Gasteiger partial charge < -0.3 is 65.1 Å². The molecule has 566 valence electrons. The molecule has 2 saturated heterocycles. The third-order valence-corrected chi connectivity index (χ3v) is 20.4. The number of hydrogen-bond acceptors (Lipinski definition) is 13. The summed E-state index contributed by atoms with van der Waals surface area (Å²) < 4.78 is 23.0. The first-order valence-corrected chi connectivity index (χ1v) is 41.2. The minimum atomic E-state index is -1.78. The maximum absolute atomic E-state index is 13.4. The number of hydrogen-bond donors (Lipinski definition) is 9. The number of carbonyl (C=O) groups excluding carboxylic acids is 1. The molecule has 96 heavy (non-hydrogen) atoms. The van der Waals surface area contributed by atoms with Crippen molar-refractivity contribution in [2.45, 2.75) is 460 Å². The number of rotatable bonds is 70. The number of ether oxygens (including phenoxy) is 4. The van der Waals surface area contributed by atoms with E-state index in [0.29, 0.717) is 12.8 Å². The van der Waals surface area contributed by atoms with E-state index in [4.69, 9.17) is 18.9 Å². The Hall–Kier alpha value is -1.79. The van der Waals surface area contributed by atoms with E-state index in [2.05, 4.69) is 55.6 Å². The van der Waals surface area contributed by atoms with Crippen molar-refractivity contribution in [2.75, 3.05) is 19.8 Å². The van der Waals surface area contributed by atoms with Crippen molar-refractivity contribution >= 4 is 5.91 Å². The van der Waals surface area contributed by atoms with Gasteiger partial charge in [-0.1, -0.05) is 365 Å². The summed E-state index contributed by atoms with van der Waals surface area (Å²) in [5, 5.41) is 87.9. The van der Waals surface area contributed by atoms with E-state index in [1.165, 1.54) is 295 Å². The Balaban J connectivity index is 1.56. The molecule has 2 heterocycles. The second-order valence-corrected chi connectivity index (χ2v) is 29.3. The SMILES string of the molecule is CCCCCCC/C=C\C/C=C\C/C=C\CCCCCCCCCCCCCCCCCCCCCCCCCCC(=O)NC(COC1OC(CO)C(OC2OC(CO)C(O)C(O)C2O)C(O)C1O)C(O)CCCCCCCCCCCCCCCCCCCCCCCCC. The number of unbranched alkanes of at least 4 members (excludes halogenated alkanes) is 51. The molecular formula is C82H155NO13. The van der Waals surface area contributed by atoms with Crippen LogP contribution in [-0.4, -0.2) is 140 Å². The molecule has 0 radical (unpaired) electrons. The third kappa shape index (κ3) is 48.9. The van der Waals surface area contributed by atoms with E-state index in [-0.39, 0.29) is 12.5 Å². The van der Waals surface area contributed by atoms with Crippen LogP contribution in [0.25, 0.3) is 0 Å². The van der Waals surface area contributed by atoms with Crippen molar-refractivity contribution in [2.24, 2.45) is 0 Å². The minimum absolute atomic E-state index is 0.198. The molecule has 0 aromatic carbocycles. The lowest BCUT2D eigenvalue weighted by atomic mass is 9.97. The molecule has 2 aliphatic rings. The summed E-state index contributed by atoms with van der Waals surface area (Å²) in [7, 11) is 0. The second-order valence-electron chi connectivity index (χ2n) is 29.3. The average molecular weight is 1360 g/mol. The molecule has 0 aliphatic carbocycles. The van der Waals surface area contributed by atoms with Gasteiger partial charge in [-0.3, -0.25) is 4.79 Å². The van der Waals surface area contributed by atoms with Crippen LogP contribution in [0.5, 0.6) is 0 Å². The molecule has 12 atom stereocenters. The fraction of sp³-hybridized carbons (Fsp3) is 0.915. The zero-order valence-corrected chi connectivity index (χ0v) is 62.1. The molecule has 9 N–H and O–H groups in total. The lowest BCUT2D eigenvalue weighted by Gasteiger charge is -2.46. The third-order valence-electron chi connectivity index (χ3n) is 20.4. The molecule has 0 spiro atoms. The maximum atomic E-state index is 13.4. The molecule has 14 nitrogen and oxygen atoms in total. The first-order chi connectivity index (χ1) is 47.1. The van der Waals surface area contributed by atoms with Crippen molar-refractivity contribution in [3.8, 4) is 0 Å². The summed E-state index contributed by atoms with van der Waals surface area (Å²) in [4.78, 5) is 13.4. The van der Waals surface area contributed by atoms with Gasteiger partial charge >= 0.3 is 0 Å². The number of nitrogens with one attached hydrogen (secondary N) is 1. The molecule has 1 amide bonds. The Bertz CT molecular complexity index is 1750. The second kappa shape index (κ2) is 66.4. The quantitative estimate of drug-likeness (QED) is 0.0204. The van der Waals surface area contributed by atoms with E-state index >= 15 is 0 Å². The van der Waals surface area contributed by atoms with Crippen LogP contribution >= 0.6 is 0 Å². The number of amides is 1. The molecule has 2 aliphatic heterocycles. The predicted octanol–water partition coefficient (Wildman–Crippen LogP) is 18.8. The molecule has 2 rings (SSSR count). The van der Waals surface area contributed by atoms with Crippen LogP contribution < -0.4 is 5.32 Å². The number of aliphatic hydroxyl groups excluding tert-OH is 8. The highest BCUT2D eigenvalue weighted by molar-refractivity contribution is 5.76. The van der Waals surface area contributed by atoms with Crippen molar-refractivity contribution in [3.63, 3.8) is 0 Å². The Morgan fingerprint density at radius 1 is 0.375 bits per heavy atom. The van der Waals surface area contributed by atoms with Gasteiger partial charge in [-0.25, -0.2) is 0 Å². The van der Waals surface area contributed by atoms with Gasteiger partial charge in [-0.2, -0.15) is 0 Å². The Kier molecular flexibility index (Phi) is 62.5. The highest BCUT2D eigenvalue weighted by atomic mass is 16.7. The number of aliphatic hydroxyl groups is 8. The highest BCUT2D eigenvalue weighted by Crippen LogP contribution is 2.30. The Morgan fingerprint density at radius 2 is 0.688 bits per heavy atom. The zero-order chi connectivity index (χ0) is 69.4. The van der Waals surface area contributed by atoms with Gasteiger partial charge in [0.05, 0.1) is 32.0 Å².